The van der Waals surface area contributed by atoms with Crippen molar-refractivity contribution in [3.8, 4) is 0 Å². The van der Waals surface area contributed by atoms with Crippen LogP contribution in [0.1, 0.15) is 13.8 Å². The Kier molecular flexibility index (Phi) is 3.89. The molecule has 60 valence electrons. The van der Waals surface area contributed by atoms with E-state index in [1.165, 1.54) is 0 Å². The molecule has 3 nitrogen and oxygen atoms in total. The van der Waals surface area contributed by atoms with Crippen LogP contribution in [0.25, 0.3) is 0 Å². The largest absolute Gasteiger partial charge is 0.465 e. The number of aliphatic hydroxyl groups excluding tert-OH is 1. The van der Waals surface area contributed by atoms with Crippen molar-refractivity contribution in [1.82, 2.24) is 0 Å². The summed E-state index contributed by atoms with van der Waals surface area (Å²) in [6, 6.07) is 0. The second-order valence-corrected chi connectivity index (χ2v) is 3.83. The maximum absolute atomic E-state index is 10.9. The number of hydrogen-bond acceptors (Lipinski definition) is 3. The lowest BCUT2D eigenvalue weighted by Gasteiger charge is -2.16. The normalized spacial score (nSPS) is 16.0. The van der Waals surface area contributed by atoms with E-state index in [-0.39, 0.29) is 6.61 Å². The Bertz CT molecular complexity index is 122. The van der Waals surface area contributed by atoms with Crippen molar-refractivity contribution in [2.24, 2.45) is 0 Å². The minimum atomic E-state index is -0.941. The highest BCUT2D eigenvalue weighted by atomic mass is 79.9. The van der Waals surface area contributed by atoms with Crippen LogP contribution < -0.4 is 0 Å². The van der Waals surface area contributed by atoms with Gasteiger partial charge in [-0.1, -0.05) is 15.9 Å². The van der Waals surface area contributed by atoms with E-state index in [1.807, 2.05) is 0 Å². The SMILES string of the molecule is CCOC(=O)C(C)(Br)CO. The zero-order chi connectivity index (χ0) is 8.20. The molecule has 0 saturated carbocycles. The second kappa shape index (κ2) is 3.93. The van der Waals surface area contributed by atoms with E-state index in [2.05, 4.69) is 20.7 Å². The molecule has 0 amide bonds. The van der Waals surface area contributed by atoms with Crippen LogP contribution in [0, 0.1) is 0 Å². The predicted molar refractivity (Wildman–Crippen MR) is 41.1 cm³/mol. The van der Waals surface area contributed by atoms with E-state index >= 15 is 0 Å². The van der Waals surface area contributed by atoms with Crippen LogP contribution >= 0.6 is 15.9 Å². The van der Waals surface area contributed by atoms with Crippen molar-refractivity contribution < 1.29 is 14.6 Å². The van der Waals surface area contributed by atoms with Crippen LogP contribution in [0.4, 0.5) is 0 Å². The minimum absolute atomic E-state index is 0.258. The number of esters is 1. The number of alkyl halides is 1. The third-order valence-corrected chi connectivity index (χ3v) is 1.57. The quantitative estimate of drug-likeness (QED) is 0.552. The van der Waals surface area contributed by atoms with Gasteiger partial charge in [-0.05, 0) is 13.8 Å². The number of carbonyl (C=O) groups excluding carboxylic acids is 1. The van der Waals surface area contributed by atoms with E-state index < -0.39 is 10.3 Å². The van der Waals surface area contributed by atoms with Gasteiger partial charge in [0.05, 0.1) is 13.2 Å². The smallest absolute Gasteiger partial charge is 0.324 e. The van der Waals surface area contributed by atoms with Gasteiger partial charge in [0.15, 0.2) is 0 Å². The van der Waals surface area contributed by atoms with Gasteiger partial charge in [0, 0.05) is 0 Å². The van der Waals surface area contributed by atoms with Crippen molar-refractivity contribution in [1.29, 1.82) is 0 Å². The summed E-state index contributed by atoms with van der Waals surface area (Å²) in [6.45, 7) is 3.36. The van der Waals surface area contributed by atoms with E-state index in [4.69, 9.17) is 5.11 Å². The molecule has 0 radical (unpaired) electrons. The van der Waals surface area contributed by atoms with Crippen LogP contribution in [0.15, 0.2) is 0 Å². The fourth-order valence-electron chi connectivity index (χ4n) is 0.346. The molecule has 0 aromatic carbocycles. The average molecular weight is 211 g/mol. The summed E-state index contributed by atoms with van der Waals surface area (Å²) in [5.41, 5.74) is 0. The Morgan fingerprint density at radius 1 is 1.80 bits per heavy atom. The van der Waals surface area contributed by atoms with Gasteiger partial charge in [0.1, 0.15) is 4.32 Å². The topological polar surface area (TPSA) is 46.5 Å². The van der Waals surface area contributed by atoms with Gasteiger partial charge < -0.3 is 9.84 Å². The van der Waals surface area contributed by atoms with Crippen LogP contribution in [0.3, 0.4) is 0 Å². The minimum Gasteiger partial charge on any atom is -0.465 e. The molecule has 1 unspecified atom stereocenters. The van der Waals surface area contributed by atoms with Crippen LogP contribution in [-0.2, 0) is 9.53 Å². The van der Waals surface area contributed by atoms with E-state index in [9.17, 15) is 4.79 Å². The summed E-state index contributed by atoms with van der Waals surface area (Å²) in [7, 11) is 0. The van der Waals surface area contributed by atoms with Crippen molar-refractivity contribution in [3.05, 3.63) is 0 Å². The molecule has 0 aliphatic carbocycles. The van der Waals surface area contributed by atoms with Crippen molar-refractivity contribution in [3.63, 3.8) is 0 Å². The molecule has 0 aromatic heterocycles. The van der Waals surface area contributed by atoms with E-state index in [0.717, 1.165) is 0 Å². The molecule has 1 atom stereocenters. The Labute approximate surface area is 68.5 Å². The van der Waals surface area contributed by atoms with E-state index in [1.54, 1.807) is 13.8 Å². The van der Waals surface area contributed by atoms with Crippen LogP contribution in [0.5, 0.6) is 0 Å². The first-order chi connectivity index (χ1) is 4.54. The molecule has 0 aromatic rings. The number of rotatable bonds is 3. The highest BCUT2D eigenvalue weighted by Crippen LogP contribution is 2.17. The molecule has 0 saturated heterocycles. The number of hydrogen-bond donors (Lipinski definition) is 1. The highest BCUT2D eigenvalue weighted by molar-refractivity contribution is 9.10. The van der Waals surface area contributed by atoms with Gasteiger partial charge in [-0.25, -0.2) is 0 Å². The number of ether oxygens (including phenoxy) is 1. The zero-order valence-corrected chi connectivity index (χ0v) is 7.64. The van der Waals surface area contributed by atoms with Crippen molar-refractivity contribution in [2.75, 3.05) is 13.2 Å². The summed E-state index contributed by atoms with van der Waals surface area (Å²) < 4.78 is 3.71. The summed E-state index contributed by atoms with van der Waals surface area (Å²) in [4.78, 5) is 10.9. The lowest BCUT2D eigenvalue weighted by molar-refractivity contribution is -0.146. The average Bonchev–Trinajstić information content (AvgIpc) is 1.89. The molecule has 4 heteroatoms. The standard InChI is InChI=1S/C6H11BrO3/c1-3-10-5(9)6(2,7)4-8/h8H,3-4H2,1-2H3. The van der Waals surface area contributed by atoms with Gasteiger partial charge in [0.2, 0.25) is 0 Å². The van der Waals surface area contributed by atoms with Gasteiger partial charge in [-0.15, -0.1) is 0 Å². The lowest BCUT2D eigenvalue weighted by Crippen LogP contribution is -2.34. The summed E-state index contributed by atoms with van der Waals surface area (Å²) in [5.74, 6) is -0.433. The number of aliphatic hydroxyl groups is 1. The number of carbonyl (C=O) groups is 1. The maximum Gasteiger partial charge on any atom is 0.324 e. The molecule has 0 aliphatic rings. The second-order valence-electron chi connectivity index (χ2n) is 2.08. The zero-order valence-electron chi connectivity index (χ0n) is 6.06. The summed E-state index contributed by atoms with van der Waals surface area (Å²) in [5, 5.41) is 8.64. The molecule has 10 heavy (non-hydrogen) atoms. The van der Waals surface area contributed by atoms with E-state index in [0.29, 0.717) is 6.61 Å². The van der Waals surface area contributed by atoms with Crippen LogP contribution in [-0.4, -0.2) is 28.6 Å². The predicted octanol–water partition coefficient (Wildman–Crippen LogP) is 0.695. The molecular weight excluding hydrogens is 200 g/mol. The first-order valence-corrected chi connectivity index (χ1v) is 3.81. The molecule has 0 aliphatic heterocycles. The summed E-state index contributed by atoms with van der Waals surface area (Å²) >= 11 is 3.02. The fourth-order valence-corrected chi connectivity index (χ4v) is 0.461. The number of halogens is 1. The summed E-state index contributed by atoms with van der Waals surface area (Å²) in [6.07, 6.45) is 0. The Balaban J connectivity index is 3.91. The van der Waals surface area contributed by atoms with Gasteiger partial charge in [0.25, 0.3) is 0 Å². The highest BCUT2D eigenvalue weighted by Gasteiger charge is 2.30. The fraction of sp³-hybridized carbons (Fsp3) is 0.833. The third-order valence-electron chi connectivity index (χ3n) is 0.998. The van der Waals surface area contributed by atoms with Crippen LogP contribution in [0.2, 0.25) is 0 Å². The van der Waals surface area contributed by atoms with Gasteiger partial charge in [-0.3, -0.25) is 4.79 Å². The Morgan fingerprint density at radius 3 is 2.60 bits per heavy atom. The van der Waals surface area contributed by atoms with Gasteiger partial charge in [-0.2, -0.15) is 0 Å². The lowest BCUT2D eigenvalue weighted by atomic mass is 10.2. The molecule has 0 spiro atoms. The van der Waals surface area contributed by atoms with Gasteiger partial charge >= 0.3 is 5.97 Å². The first-order valence-electron chi connectivity index (χ1n) is 3.01. The monoisotopic (exact) mass is 210 g/mol. The third kappa shape index (κ3) is 2.66. The van der Waals surface area contributed by atoms with Crippen molar-refractivity contribution in [2.45, 2.75) is 18.2 Å². The maximum atomic E-state index is 10.9. The molecule has 0 heterocycles. The Morgan fingerprint density at radius 2 is 2.30 bits per heavy atom. The molecular formula is C6H11BrO3. The molecule has 1 N–H and O–H groups in total. The van der Waals surface area contributed by atoms with Crippen molar-refractivity contribution >= 4 is 21.9 Å². The molecule has 0 rings (SSSR count). The first kappa shape index (κ1) is 9.91. The Hall–Kier alpha value is -0.0900. The molecule has 0 bridgehead atoms. The molecule has 0 fully saturated rings.